The summed E-state index contributed by atoms with van der Waals surface area (Å²) in [5, 5.41) is 2.88. The maximum atomic E-state index is 13.1. The highest BCUT2D eigenvalue weighted by molar-refractivity contribution is 6.31. The van der Waals surface area contributed by atoms with Gasteiger partial charge < -0.3 is 14.8 Å². The van der Waals surface area contributed by atoms with Crippen molar-refractivity contribution in [2.24, 2.45) is 0 Å². The predicted molar refractivity (Wildman–Crippen MR) is 87.9 cm³/mol. The number of halogens is 3. The monoisotopic (exact) mass is 369 g/mol. The van der Waals surface area contributed by atoms with Crippen molar-refractivity contribution in [3.8, 4) is 5.75 Å². The Balaban J connectivity index is 2.07. The van der Waals surface area contributed by atoms with Crippen LogP contribution in [0.1, 0.15) is 17.3 Å². The topological polar surface area (TPSA) is 64.6 Å². The molecule has 0 aliphatic carbocycles. The molecule has 0 radical (unpaired) electrons. The second-order valence-electron chi connectivity index (χ2n) is 5.04. The van der Waals surface area contributed by atoms with Crippen LogP contribution < -0.4 is 10.1 Å². The predicted octanol–water partition coefficient (Wildman–Crippen LogP) is 3.81. The van der Waals surface area contributed by atoms with Crippen molar-refractivity contribution in [3.63, 3.8) is 0 Å². The first-order valence-electron chi connectivity index (χ1n) is 7.11. The lowest BCUT2D eigenvalue weighted by molar-refractivity contribution is -0.123. The van der Waals surface area contributed by atoms with Crippen LogP contribution in [0.25, 0.3) is 0 Å². The number of carbonyl (C=O) groups is 2. The van der Waals surface area contributed by atoms with Gasteiger partial charge in [0.1, 0.15) is 17.4 Å². The molecule has 2 aromatic rings. The van der Waals surface area contributed by atoms with Crippen LogP contribution in [0.2, 0.25) is 5.02 Å². The van der Waals surface area contributed by atoms with Gasteiger partial charge in [-0.15, -0.1) is 0 Å². The van der Waals surface area contributed by atoms with Crippen molar-refractivity contribution < 1.29 is 27.8 Å². The van der Waals surface area contributed by atoms with Crippen LogP contribution in [0, 0.1) is 11.6 Å². The Morgan fingerprint density at radius 1 is 1.12 bits per heavy atom. The number of anilines is 1. The van der Waals surface area contributed by atoms with Gasteiger partial charge in [0.2, 0.25) is 0 Å². The van der Waals surface area contributed by atoms with Gasteiger partial charge in [0, 0.05) is 11.1 Å². The standard InChI is InChI=1S/C17H14ClF2NO4/c1-9(25-17(23)10-5-12(19)8-13(20)6-10)16(22)21-14-7-11(18)3-4-15(14)24-2/h3-9H,1-2H3,(H,21,22). The quantitative estimate of drug-likeness (QED) is 0.814. The van der Waals surface area contributed by atoms with Gasteiger partial charge in [0.15, 0.2) is 6.10 Å². The number of hydrogen-bond donors (Lipinski definition) is 1. The van der Waals surface area contributed by atoms with E-state index in [1.165, 1.54) is 20.1 Å². The Morgan fingerprint density at radius 2 is 1.76 bits per heavy atom. The molecule has 2 aromatic carbocycles. The molecule has 0 saturated heterocycles. The summed E-state index contributed by atoms with van der Waals surface area (Å²) in [6.45, 7) is 1.32. The maximum absolute atomic E-state index is 13.1. The zero-order valence-electron chi connectivity index (χ0n) is 13.3. The molecule has 0 aliphatic heterocycles. The van der Waals surface area contributed by atoms with Crippen LogP contribution in [0.3, 0.4) is 0 Å². The third-order valence-corrected chi connectivity index (χ3v) is 3.41. The fraction of sp³-hybridized carbons (Fsp3) is 0.176. The van der Waals surface area contributed by atoms with E-state index < -0.39 is 29.6 Å². The molecule has 5 nitrogen and oxygen atoms in total. The zero-order valence-corrected chi connectivity index (χ0v) is 14.1. The van der Waals surface area contributed by atoms with Gasteiger partial charge in [-0.05, 0) is 37.3 Å². The van der Waals surface area contributed by atoms with E-state index in [0.717, 1.165) is 12.1 Å². The fourth-order valence-electron chi connectivity index (χ4n) is 1.97. The number of rotatable bonds is 5. The summed E-state index contributed by atoms with van der Waals surface area (Å²) in [5.41, 5.74) is -0.0443. The SMILES string of the molecule is COc1ccc(Cl)cc1NC(=O)C(C)OC(=O)c1cc(F)cc(F)c1. The fourth-order valence-corrected chi connectivity index (χ4v) is 2.14. The largest absolute Gasteiger partial charge is 0.495 e. The smallest absolute Gasteiger partial charge is 0.339 e. The maximum Gasteiger partial charge on any atom is 0.339 e. The van der Waals surface area contributed by atoms with E-state index in [1.54, 1.807) is 12.1 Å². The van der Waals surface area contributed by atoms with Gasteiger partial charge in [-0.3, -0.25) is 4.79 Å². The number of ether oxygens (including phenoxy) is 2. The molecule has 0 fully saturated rings. The summed E-state index contributed by atoms with van der Waals surface area (Å²) in [6.07, 6.45) is -1.22. The van der Waals surface area contributed by atoms with Crippen LogP contribution in [0.4, 0.5) is 14.5 Å². The van der Waals surface area contributed by atoms with Gasteiger partial charge >= 0.3 is 5.97 Å². The molecule has 0 saturated carbocycles. The van der Waals surface area contributed by atoms with Gasteiger partial charge in [-0.2, -0.15) is 0 Å². The molecule has 1 amide bonds. The second kappa shape index (κ2) is 7.94. The Labute approximate surface area is 147 Å². The van der Waals surface area contributed by atoms with Gasteiger partial charge in [-0.1, -0.05) is 11.6 Å². The highest BCUT2D eigenvalue weighted by Gasteiger charge is 2.21. The minimum atomic E-state index is -1.22. The highest BCUT2D eigenvalue weighted by Crippen LogP contribution is 2.27. The van der Waals surface area contributed by atoms with E-state index in [4.69, 9.17) is 21.1 Å². The second-order valence-corrected chi connectivity index (χ2v) is 5.48. The summed E-state index contributed by atoms with van der Waals surface area (Å²) in [4.78, 5) is 24.1. The molecule has 8 heteroatoms. The summed E-state index contributed by atoms with van der Waals surface area (Å²) < 4.78 is 36.3. The lowest BCUT2D eigenvalue weighted by Gasteiger charge is -2.15. The molecule has 25 heavy (non-hydrogen) atoms. The van der Waals surface area contributed by atoms with Gasteiger partial charge in [0.25, 0.3) is 5.91 Å². The van der Waals surface area contributed by atoms with Crippen LogP contribution in [0.5, 0.6) is 5.75 Å². The van der Waals surface area contributed by atoms with Crippen LogP contribution in [-0.2, 0) is 9.53 Å². The summed E-state index contributed by atoms with van der Waals surface area (Å²) >= 11 is 5.87. The molecule has 2 rings (SSSR count). The Kier molecular flexibility index (Phi) is 5.93. The third-order valence-electron chi connectivity index (χ3n) is 3.17. The van der Waals surface area contributed by atoms with E-state index in [9.17, 15) is 18.4 Å². The number of nitrogens with one attached hydrogen (secondary N) is 1. The first-order valence-corrected chi connectivity index (χ1v) is 7.49. The van der Waals surface area contributed by atoms with Crippen molar-refractivity contribution in [2.75, 3.05) is 12.4 Å². The zero-order chi connectivity index (χ0) is 18.6. The lowest BCUT2D eigenvalue weighted by Crippen LogP contribution is -2.30. The van der Waals surface area contributed by atoms with Crippen molar-refractivity contribution >= 4 is 29.2 Å². The third kappa shape index (κ3) is 4.90. The molecule has 0 aromatic heterocycles. The summed E-state index contributed by atoms with van der Waals surface area (Å²) in [7, 11) is 1.42. The summed E-state index contributed by atoms with van der Waals surface area (Å²) in [6, 6.07) is 6.86. The van der Waals surface area contributed by atoms with Crippen molar-refractivity contribution in [2.45, 2.75) is 13.0 Å². The number of methoxy groups -OCH3 is 1. The lowest BCUT2D eigenvalue weighted by atomic mass is 10.2. The molecule has 1 atom stereocenters. The summed E-state index contributed by atoms with van der Waals surface area (Å²) in [5.74, 6) is -3.17. The molecule has 132 valence electrons. The van der Waals surface area contributed by atoms with Crippen LogP contribution >= 0.6 is 11.6 Å². The van der Waals surface area contributed by atoms with Crippen LogP contribution in [-0.4, -0.2) is 25.1 Å². The Morgan fingerprint density at radius 3 is 2.36 bits per heavy atom. The first-order chi connectivity index (χ1) is 11.8. The minimum Gasteiger partial charge on any atom is -0.495 e. The highest BCUT2D eigenvalue weighted by atomic mass is 35.5. The molecule has 0 bridgehead atoms. The van der Waals surface area contributed by atoms with E-state index in [-0.39, 0.29) is 5.56 Å². The molecule has 1 N–H and O–H groups in total. The Bertz CT molecular complexity index is 793. The van der Waals surface area contributed by atoms with Crippen molar-refractivity contribution in [3.05, 3.63) is 58.6 Å². The number of hydrogen-bond acceptors (Lipinski definition) is 4. The van der Waals surface area contributed by atoms with E-state index in [1.807, 2.05) is 0 Å². The average Bonchev–Trinajstić information content (AvgIpc) is 2.54. The number of esters is 1. The number of carbonyl (C=O) groups excluding carboxylic acids is 2. The number of benzene rings is 2. The van der Waals surface area contributed by atoms with Gasteiger partial charge in [0.05, 0.1) is 18.4 Å². The Hall–Kier alpha value is -2.67. The van der Waals surface area contributed by atoms with Crippen molar-refractivity contribution in [1.29, 1.82) is 0 Å². The minimum absolute atomic E-state index is 0.291. The normalized spacial score (nSPS) is 11.6. The molecular formula is C17H14ClF2NO4. The van der Waals surface area contributed by atoms with E-state index in [0.29, 0.717) is 22.5 Å². The number of amides is 1. The van der Waals surface area contributed by atoms with Crippen LogP contribution in [0.15, 0.2) is 36.4 Å². The average molecular weight is 370 g/mol. The van der Waals surface area contributed by atoms with E-state index in [2.05, 4.69) is 5.32 Å². The molecule has 0 aliphatic rings. The first kappa shape index (κ1) is 18.7. The molecule has 0 heterocycles. The molecule has 1 unspecified atom stereocenters. The molecule has 0 spiro atoms. The molecular weight excluding hydrogens is 356 g/mol. The van der Waals surface area contributed by atoms with Gasteiger partial charge in [-0.25, -0.2) is 13.6 Å². The van der Waals surface area contributed by atoms with E-state index >= 15 is 0 Å². The van der Waals surface area contributed by atoms with Crippen molar-refractivity contribution in [1.82, 2.24) is 0 Å².